The molecule has 0 aliphatic heterocycles. The van der Waals surface area contributed by atoms with Crippen LogP contribution in [0.15, 0.2) is 48.5 Å². The molecule has 8 nitrogen and oxygen atoms in total. The van der Waals surface area contributed by atoms with Crippen LogP contribution >= 0.6 is 11.3 Å². The zero-order valence-electron chi connectivity index (χ0n) is 15.4. The fourth-order valence-electron chi connectivity index (χ4n) is 2.40. The van der Waals surface area contributed by atoms with Crippen molar-refractivity contribution in [1.29, 1.82) is 0 Å². The van der Waals surface area contributed by atoms with Gasteiger partial charge in [-0.15, -0.1) is 10.2 Å². The third-order valence-electron chi connectivity index (χ3n) is 3.63. The molecule has 0 saturated carbocycles. The maximum absolute atomic E-state index is 12.1. The lowest BCUT2D eigenvalue weighted by molar-refractivity contribution is -0.115. The first-order chi connectivity index (χ1) is 13.5. The number of aryl methyl sites for hydroxylation is 1. The molecule has 0 atom stereocenters. The summed E-state index contributed by atoms with van der Waals surface area (Å²) < 4.78 is 5.11. The van der Waals surface area contributed by atoms with Gasteiger partial charge >= 0.3 is 6.03 Å². The number of ether oxygens (including phenoxy) is 1. The second kappa shape index (κ2) is 8.96. The van der Waals surface area contributed by atoms with Crippen LogP contribution in [-0.2, 0) is 11.2 Å². The fraction of sp³-hybridized carbons (Fsp3) is 0.158. The fourth-order valence-corrected chi connectivity index (χ4v) is 3.13. The molecule has 3 rings (SSSR count). The highest BCUT2D eigenvalue weighted by Gasteiger charge is 2.12. The second-order valence-electron chi connectivity index (χ2n) is 5.91. The average molecular weight is 397 g/mol. The molecule has 1 heterocycles. The summed E-state index contributed by atoms with van der Waals surface area (Å²) in [6.45, 7) is 1.95. The number of carbonyl (C=O) groups excluding carboxylic acids is 2. The zero-order chi connectivity index (χ0) is 19.9. The number of carbonyl (C=O) groups is 2. The Morgan fingerprint density at radius 2 is 1.75 bits per heavy atom. The minimum Gasteiger partial charge on any atom is -0.497 e. The number of nitrogens with zero attached hydrogens (tertiary/aromatic N) is 2. The quantitative estimate of drug-likeness (QED) is 0.588. The number of amides is 3. The number of nitrogens with one attached hydrogen (secondary N) is 3. The van der Waals surface area contributed by atoms with Crippen molar-refractivity contribution >= 4 is 39.8 Å². The van der Waals surface area contributed by atoms with Gasteiger partial charge in [0.2, 0.25) is 11.0 Å². The standard InChI is InChI=1S/C19H19N5O3S/c1-12-5-3-6-13(9-12)20-16(25)11-17-23-24-19(28-17)22-18(26)21-14-7-4-8-15(10-14)27-2/h3-10H,11H2,1-2H3,(H,20,25)(H2,21,22,24,26). The van der Waals surface area contributed by atoms with E-state index in [4.69, 9.17) is 4.74 Å². The first kappa shape index (κ1) is 19.3. The highest BCUT2D eigenvalue weighted by atomic mass is 32.1. The summed E-state index contributed by atoms with van der Waals surface area (Å²) in [5.41, 5.74) is 2.37. The van der Waals surface area contributed by atoms with Gasteiger partial charge in [-0.3, -0.25) is 10.1 Å². The van der Waals surface area contributed by atoms with Crippen molar-refractivity contribution in [3.63, 3.8) is 0 Å². The third-order valence-corrected chi connectivity index (χ3v) is 4.47. The SMILES string of the molecule is COc1cccc(NC(=O)Nc2nnc(CC(=O)Nc3cccc(C)c3)s2)c1. The van der Waals surface area contributed by atoms with E-state index in [0.29, 0.717) is 21.6 Å². The first-order valence-electron chi connectivity index (χ1n) is 8.43. The Morgan fingerprint density at radius 3 is 2.50 bits per heavy atom. The summed E-state index contributed by atoms with van der Waals surface area (Å²) in [4.78, 5) is 24.2. The molecule has 0 fully saturated rings. The molecular weight excluding hydrogens is 378 g/mol. The van der Waals surface area contributed by atoms with E-state index >= 15 is 0 Å². The van der Waals surface area contributed by atoms with Crippen molar-refractivity contribution in [1.82, 2.24) is 10.2 Å². The maximum Gasteiger partial charge on any atom is 0.325 e. The molecule has 0 spiro atoms. The highest BCUT2D eigenvalue weighted by Crippen LogP contribution is 2.19. The van der Waals surface area contributed by atoms with Crippen molar-refractivity contribution in [2.45, 2.75) is 13.3 Å². The number of anilines is 3. The van der Waals surface area contributed by atoms with E-state index in [0.717, 1.165) is 22.6 Å². The van der Waals surface area contributed by atoms with Gasteiger partial charge in [-0.25, -0.2) is 4.79 Å². The van der Waals surface area contributed by atoms with Gasteiger partial charge < -0.3 is 15.4 Å². The number of methoxy groups -OCH3 is 1. The molecule has 0 unspecified atom stereocenters. The lowest BCUT2D eigenvalue weighted by atomic mass is 10.2. The predicted octanol–water partition coefficient (Wildman–Crippen LogP) is 3.68. The molecule has 2 aromatic carbocycles. The van der Waals surface area contributed by atoms with Crippen LogP contribution < -0.4 is 20.7 Å². The molecular formula is C19H19N5O3S. The van der Waals surface area contributed by atoms with E-state index in [1.807, 2.05) is 31.2 Å². The van der Waals surface area contributed by atoms with Gasteiger partial charge in [-0.1, -0.05) is 29.5 Å². The second-order valence-corrected chi connectivity index (χ2v) is 6.97. The molecule has 28 heavy (non-hydrogen) atoms. The summed E-state index contributed by atoms with van der Waals surface area (Å²) in [6.07, 6.45) is 0.0742. The van der Waals surface area contributed by atoms with Gasteiger partial charge in [-0.05, 0) is 36.8 Å². The van der Waals surface area contributed by atoms with Crippen molar-refractivity contribution in [3.05, 3.63) is 59.1 Å². The van der Waals surface area contributed by atoms with E-state index in [9.17, 15) is 9.59 Å². The monoisotopic (exact) mass is 397 g/mol. The summed E-state index contributed by atoms with van der Waals surface area (Å²) >= 11 is 1.14. The van der Waals surface area contributed by atoms with Crippen molar-refractivity contribution in [2.24, 2.45) is 0 Å². The van der Waals surface area contributed by atoms with Crippen LogP contribution in [0.25, 0.3) is 0 Å². The van der Waals surface area contributed by atoms with Gasteiger partial charge in [0, 0.05) is 17.4 Å². The van der Waals surface area contributed by atoms with Crippen LogP contribution in [-0.4, -0.2) is 29.2 Å². The molecule has 0 aliphatic rings. The molecule has 0 bridgehead atoms. The number of urea groups is 1. The normalized spacial score (nSPS) is 10.2. The van der Waals surface area contributed by atoms with Crippen LogP contribution in [0.2, 0.25) is 0 Å². The highest BCUT2D eigenvalue weighted by molar-refractivity contribution is 7.15. The van der Waals surface area contributed by atoms with Gasteiger partial charge in [0.1, 0.15) is 10.8 Å². The Balaban J connectivity index is 1.53. The average Bonchev–Trinajstić information content (AvgIpc) is 3.08. The van der Waals surface area contributed by atoms with E-state index in [1.165, 1.54) is 0 Å². The molecule has 1 aromatic heterocycles. The van der Waals surface area contributed by atoms with Crippen molar-refractivity contribution in [3.8, 4) is 5.75 Å². The van der Waals surface area contributed by atoms with Gasteiger partial charge in [0.05, 0.1) is 13.5 Å². The number of rotatable bonds is 6. The molecule has 0 aliphatic carbocycles. The summed E-state index contributed by atoms with van der Waals surface area (Å²) in [5, 5.41) is 16.7. The summed E-state index contributed by atoms with van der Waals surface area (Å²) in [5.74, 6) is 0.435. The van der Waals surface area contributed by atoms with Gasteiger partial charge in [-0.2, -0.15) is 0 Å². The lowest BCUT2D eigenvalue weighted by Gasteiger charge is -2.06. The largest absolute Gasteiger partial charge is 0.497 e. The van der Waals surface area contributed by atoms with Crippen molar-refractivity contribution < 1.29 is 14.3 Å². The van der Waals surface area contributed by atoms with E-state index in [1.54, 1.807) is 31.4 Å². The molecule has 3 amide bonds. The predicted molar refractivity (Wildman–Crippen MR) is 109 cm³/mol. The number of aromatic nitrogens is 2. The van der Waals surface area contributed by atoms with Gasteiger partial charge in [0.25, 0.3) is 0 Å². The molecule has 0 saturated heterocycles. The molecule has 9 heteroatoms. The number of benzene rings is 2. The topological polar surface area (TPSA) is 105 Å². The molecule has 3 N–H and O–H groups in total. The summed E-state index contributed by atoms with van der Waals surface area (Å²) in [6, 6.07) is 14.1. The van der Waals surface area contributed by atoms with Crippen LogP contribution in [0.4, 0.5) is 21.3 Å². The smallest absolute Gasteiger partial charge is 0.325 e. The van der Waals surface area contributed by atoms with E-state index < -0.39 is 6.03 Å². The van der Waals surface area contributed by atoms with Crippen molar-refractivity contribution in [2.75, 3.05) is 23.1 Å². The molecule has 144 valence electrons. The van der Waals surface area contributed by atoms with Crippen LogP contribution in [0.3, 0.4) is 0 Å². The molecule has 3 aromatic rings. The van der Waals surface area contributed by atoms with Gasteiger partial charge in [0.15, 0.2) is 0 Å². The van der Waals surface area contributed by atoms with E-state index in [2.05, 4.69) is 26.1 Å². The zero-order valence-corrected chi connectivity index (χ0v) is 16.2. The maximum atomic E-state index is 12.1. The van der Waals surface area contributed by atoms with Crippen LogP contribution in [0, 0.1) is 6.92 Å². The minimum absolute atomic E-state index is 0.0742. The number of hydrogen-bond acceptors (Lipinski definition) is 6. The van der Waals surface area contributed by atoms with E-state index in [-0.39, 0.29) is 12.3 Å². The summed E-state index contributed by atoms with van der Waals surface area (Å²) in [7, 11) is 1.55. The third kappa shape index (κ3) is 5.52. The molecule has 0 radical (unpaired) electrons. The Kier molecular flexibility index (Phi) is 6.18. The number of hydrogen-bond donors (Lipinski definition) is 3. The first-order valence-corrected chi connectivity index (χ1v) is 9.24. The van der Waals surface area contributed by atoms with Crippen LogP contribution in [0.5, 0.6) is 5.75 Å². The minimum atomic E-state index is -0.458. The van der Waals surface area contributed by atoms with Crippen LogP contribution in [0.1, 0.15) is 10.6 Å². The Labute approximate surface area is 166 Å². The Bertz CT molecular complexity index is 989. The Morgan fingerprint density at radius 1 is 1.00 bits per heavy atom. The lowest BCUT2D eigenvalue weighted by Crippen LogP contribution is -2.19. The Hall–Kier alpha value is -3.46.